The van der Waals surface area contributed by atoms with Crippen molar-refractivity contribution in [2.45, 2.75) is 39.2 Å². The molecule has 1 aliphatic carbocycles. The molecule has 0 bridgehead atoms. The van der Waals surface area contributed by atoms with E-state index >= 15 is 0 Å². The van der Waals surface area contributed by atoms with Crippen LogP contribution in [0.3, 0.4) is 0 Å². The van der Waals surface area contributed by atoms with Crippen LogP contribution in [0.15, 0.2) is 0 Å². The Hall–Kier alpha value is 0.200. The molecule has 0 aromatic rings. The zero-order chi connectivity index (χ0) is 10.8. The highest BCUT2D eigenvalue weighted by atomic mass is 35.5. The molecular weight excluding hydrogens is 222 g/mol. The van der Waals surface area contributed by atoms with E-state index in [4.69, 9.17) is 11.6 Å². The van der Waals surface area contributed by atoms with E-state index in [2.05, 4.69) is 18.6 Å². The Balaban J connectivity index is 2.47. The molecule has 0 aliphatic heterocycles. The largest absolute Gasteiger partial charge is 0.213 e. The molecule has 1 rings (SSSR count). The molecule has 1 saturated carbocycles. The van der Waals surface area contributed by atoms with Crippen molar-refractivity contribution in [3.8, 4) is 0 Å². The van der Waals surface area contributed by atoms with Crippen LogP contribution < -0.4 is 4.72 Å². The maximum Gasteiger partial charge on any atom is 0.213 e. The summed E-state index contributed by atoms with van der Waals surface area (Å²) in [6.45, 7) is 4.34. The number of rotatable bonds is 4. The van der Waals surface area contributed by atoms with Crippen molar-refractivity contribution in [2.75, 3.05) is 11.6 Å². The van der Waals surface area contributed by atoms with Gasteiger partial charge in [0.15, 0.2) is 0 Å². The summed E-state index contributed by atoms with van der Waals surface area (Å²) in [5, 5.41) is 0. The molecule has 1 fully saturated rings. The molecule has 0 radical (unpaired) electrons. The lowest BCUT2D eigenvalue weighted by Gasteiger charge is -2.17. The predicted molar refractivity (Wildman–Crippen MR) is 59.1 cm³/mol. The van der Waals surface area contributed by atoms with Crippen molar-refractivity contribution in [1.29, 1.82) is 0 Å². The van der Waals surface area contributed by atoms with Gasteiger partial charge in [-0.3, -0.25) is 0 Å². The fourth-order valence-corrected chi connectivity index (χ4v) is 3.59. The highest BCUT2D eigenvalue weighted by Gasteiger charge is 2.32. The van der Waals surface area contributed by atoms with E-state index in [0.717, 1.165) is 19.3 Å². The average molecular weight is 240 g/mol. The van der Waals surface area contributed by atoms with Crippen LogP contribution in [-0.2, 0) is 10.0 Å². The molecule has 0 amide bonds. The molecule has 1 unspecified atom stereocenters. The highest BCUT2D eigenvalue weighted by molar-refractivity contribution is 7.89. The summed E-state index contributed by atoms with van der Waals surface area (Å²) < 4.78 is 25.5. The third-order valence-electron chi connectivity index (χ3n) is 2.66. The first-order chi connectivity index (χ1) is 6.35. The first-order valence-corrected chi connectivity index (χ1v) is 7.09. The molecule has 1 aliphatic rings. The topological polar surface area (TPSA) is 46.2 Å². The smallest absolute Gasteiger partial charge is 0.212 e. The van der Waals surface area contributed by atoms with Crippen LogP contribution in [-0.4, -0.2) is 26.1 Å². The van der Waals surface area contributed by atoms with Gasteiger partial charge >= 0.3 is 0 Å². The van der Waals surface area contributed by atoms with Gasteiger partial charge in [0.1, 0.15) is 0 Å². The van der Waals surface area contributed by atoms with Gasteiger partial charge in [-0.25, -0.2) is 13.1 Å². The molecule has 0 aromatic heterocycles. The van der Waals surface area contributed by atoms with Gasteiger partial charge in [-0.15, -0.1) is 11.6 Å². The fourth-order valence-electron chi connectivity index (χ4n) is 1.95. The molecule has 3 nitrogen and oxygen atoms in total. The van der Waals surface area contributed by atoms with E-state index < -0.39 is 10.0 Å². The second-order valence-corrected chi connectivity index (χ2v) is 6.98. The van der Waals surface area contributed by atoms with Crippen LogP contribution in [0.4, 0.5) is 0 Å². The van der Waals surface area contributed by atoms with E-state index in [0.29, 0.717) is 0 Å². The Bertz CT molecular complexity index is 287. The SMILES string of the molecule is CC1(C)CCC(NS(=O)(=O)CCCl)C1. The second kappa shape index (κ2) is 4.37. The lowest BCUT2D eigenvalue weighted by molar-refractivity contribution is 0.372. The third kappa shape index (κ3) is 3.75. The fraction of sp³-hybridized carbons (Fsp3) is 1.00. The van der Waals surface area contributed by atoms with Crippen LogP contribution in [0.5, 0.6) is 0 Å². The lowest BCUT2D eigenvalue weighted by atomic mass is 9.92. The molecule has 84 valence electrons. The molecule has 1 N–H and O–H groups in total. The van der Waals surface area contributed by atoms with Gasteiger partial charge < -0.3 is 0 Å². The van der Waals surface area contributed by atoms with E-state index in [1.54, 1.807) is 0 Å². The minimum absolute atomic E-state index is 0.0193. The number of alkyl halides is 1. The maximum atomic E-state index is 11.4. The number of sulfonamides is 1. The zero-order valence-corrected chi connectivity index (χ0v) is 10.3. The third-order valence-corrected chi connectivity index (χ3v) is 4.51. The summed E-state index contributed by atoms with van der Waals surface area (Å²) in [5.41, 5.74) is 0.272. The summed E-state index contributed by atoms with van der Waals surface area (Å²) in [6, 6.07) is 0.109. The van der Waals surface area contributed by atoms with Crippen molar-refractivity contribution in [3.05, 3.63) is 0 Å². The normalized spacial score (nSPS) is 26.6. The van der Waals surface area contributed by atoms with E-state index in [9.17, 15) is 8.42 Å². The van der Waals surface area contributed by atoms with Gasteiger partial charge in [-0.2, -0.15) is 0 Å². The minimum Gasteiger partial charge on any atom is -0.212 e. The quantitative estimate of drug-likeness (QED) is 0.760. The van der Waals surface area contributed by atoms with Crippen LogP contribution in [0, 0.1) is 5.41 Å². The van der Waals surface area contributed by atoms with E-state index in [1.165, 1.54) is 0 Å². The minimum atomic E-state index is -3.15. The number of hydrogen-bond donors (Lipinski definition) is 1. The summed E-state index contributed by atoms with van der Waals surface area (Å²) in [7, 11) is -3.15. The van der Waals surface area contributed by atoms with Crippen molar-refractivity contribution < 1.29 is 8.42 Å². The summed E-state index contributed by atoms with van der Waals surface area (Å²) in [6.07, 6.45) is 2.95. The first kappa shape index (κ1) is 12.3. The molecule has 0 spiro atoms. The summed E-state index contributed by atoms with van der Waals surface area (Å²) in [5.74, 6) is 0.178. The van der Waals surface area contributed by atoms with Crippen LogP contribution in [0.1, 0.15) is 33.1 Å². The summed E-state index contributed by atoms with van der Waals surface area (Å²) in [4.78, 5) is 0. The highest BCUT2D eigenvalue weighted by Crippen LogP contribution is 2.37. The van der Waals surface area contributed by atoms with Crippen molar-refractivity contribution in [3.63, 3.8) is 0 Å². The number of hydrogen-bond acceptors (Lipinski definition) is 2. The molecule has 0 saturated heterocycles. The molecule has 1 atom stereocenters. The monoisotopic (exact) mass is 239 g/mol. The number of nitrogens with one attached hydrogen (secondary N) is 1. The lowest BCUT2D eigenvalue weighted by Crippen LogP contribution is -2.35. The van der Waals surface area contributed by atoms with Gasteiger partial charge in [-0.05, 0) is 24.7 Å². The standard InChI is InChI=1S/C9H18ClNO2S/c1-9(2)4-3-8(7-9)11-14(12,13)6-5-10/h8,11H,3-7H2,1-2H3. The number of halogens is 1. The zero-order valence-electron chi connectivity index (χ0n) is 8.72. The van der Waals surface area contributed by atoms with E-state index in [1.807, 2.05) is 0 Å². The van der Waals surface area contributed by atoms with Gasteiger partial charge in [0.25, 0.3) is 0 Å². The Labute approximate surface area is 91.3 Å². The van der Waals surface area contributed by atoms with E-state index in [-0.39, 0.29) is 23.1 Å². The second-order valence-electron chi connectivity index (χ2n) is 4.73. The average Bonchev–Trinajstić information content (AvgIpc) is 2.28. The molecule has 14 heavy (non-hydrogen) atoms. The molecule has 0 aromatic carbocycles. The summed E-state index contributed by atoms with van der Waals surface area (Å²) >= 11 is 5.41. The van der Waals surface area contributed by atoms with Crippen molar-refractivity contribution in [1.82, 2.24) is 4.72 Å². The molecular formula is C9H18ClNO2S. The predicted octanol–water partition coefficient (Wildman–Crippen LogP) is 1.72. The Morgan fingerprint density at radius 1 is 1.50 bits per heavy atom. The molecule has 0 heterocycles. The van der Waals surface area contributed by atoms with Gasteiger partial charge in [0.05, 0.1) is 5.75 Å². The van der Waals surface area contributed by atoms with Crippen LogP contribution >= 0.6 is 11.6 Å². The van der Waals surface area contributed by atoms with Crippen molar-refractivity contribution in [2.24, 2.45) is 5.41 Å². The Morgan fingerprint density at radius 2 is 2.14 bits per heavy atom. The molecule has 5 heteroatoms. The van der Waals surface area contributed by atoms with Crippen LogP contribution in [0.2, 0.25) is 0 Å². The first-order valence-electron chi connectivity index (χ1n) is 4.91. The van der Waals surface area contributed by atoms with Gasteiger partial charge in [0.2, 0.25) is 10.0 Å². The van der Waals surface area contributed by atoms with Gasteiger partial charge in [-0.1, -0.05) is 13.8 Å². The Morgan fingerprint density at radius 3 is 2.57 bits per heavy atom. The van der Waals surface area contributed by atoms with Gasteiger partial charge in [0, 0.05) is 11.9 Å². The Kier molecular flexibility index (Phi) is 3.83. The maximum absolute atomic E-state index is 11.4. The van der Waals surface area contributed by atoms with Crippen molar-refractivity contribution >= 4 is 21.6 Å². The van der Waals surface area contributed by atoms with Crippen LogP contribution in [0.25, 0.3) is 0 Å².